The van der Waals surface area contributed by atoms with Crippen molar-refractivity contribution in [2.75, 3.05) is 18.1 Å². The Balaban J connectivity index is 1.63. The number of hydrogen-bond donors (Lipinski definition) is 1. The van der Waals surface area contributed by atoms with Gasteiger partial charge in [-0.05, 0) is 35.7 Å². The van der Waals surface area contributed by atoms with Crippen LogP contribution in [0.1, 0.15) is 43.9 Å². The molecule has 0 spiro atoms. The maximum Gasteiger partial charge on any atom is 0.416 e. The fraction of sp³-hybridized carbons (Fsp3) is 0.391. The molecule has 31 heavy (non-hydrogen) atoms. The average molecular weight is 434 g/mol. The van der Waals surface area contributed by atoms with Crippen molar-refractivity contribution in [3.8, 4) is 5.75 Å². The zero-order valence-corrected chi connectivity index (χ0v) is 17.4. The lowest BCUT2D eigenvalue weighted by molar-refractivity contribution is -0.137. The van der Waals surface area contributed by atoms with Gasteiger partial charge in [-0.2, -0.15) is 13.2 Å². The van der Waals surface area contributed by atoms with Crippen LogP contribution in [-0.2, 0) is 15.8 Å². The Morgan fingerprint density at radius 2 is 1.84 bits per heavy atom. The van der Waals surface area contributed by atoms with Crippen molar-refractivity contribution in [1.82, 2.24) is 5.32 Å². The van der Waals surface area contributed by atoms with E-state index in [0.717, 1.165) is 12.1 Å². The maximum absolute atomic E-state index is 13.0. The highest BCUT2D eigenvalue weighted by Gasteiger charge is 2.31. The topological polar surface area (TPSA) is 58.6 Å². The number of para-hydroxylation sites is 2. The molecular weight excluding hydrogens is 409 g/mol. The van der Waals surface area contributed by atoms with Crippen LogP contribution in [0.5, 0.6) is 5.75 Å². The zero-order valence-electron chi connectivity index (χ0n) is 17.4. The number of hydrogen-bond acceptors (Lipinski definition) is 3. The van der Waals surface area contributed by atoms with Crippen LogP contribution in [0.15, 0.2) is 48.5 Å². The SMILES string of the molecule is CC(C)C(NC(=O)CCC(=O)N1CCOc2ccccc21)c1cccc(C(F)(F)F)c1. The van der Waals surface area contributed by atoms with Crippen molar-refractivity contribution < 1.29 is 27.5 Å². The third kappa shape index (κ3) is 5.57. The number of carbonyl (C=O) groups excluding carboxylic acids is 2. The summed E-state index contributed by atoms with van der Waals surface area (Å²) in [5.74, 6) is -0.0951. The van der Waals surface area contributed by atoms with Crippen LogP contribution in [0.2, 0.25) is 0 Å². The number of nitrogens with one attached hydrogen (secondary N) is 1. The van der Waals surface area contributed by atoms with Gasteiger partial charge in [0, 0.05) is 12.8 Å². The maximum atomic E-state index is 13.0. The molecule has 166 valence electrons. The van der Waals surface area contributed by atoms with Crippen LogP contribution in [-0.4, -0.2) is 25.0 Å². The molecule has 0 aliphatic carbocycles. The first-order chi connectivity index (χ1) is 14.7. The van der Waals surface area contributed by atoms with Gasteiger partial charge in [0.1, 0.15) is 12.4 Å². The van der Waals surface area contributed by atoms with Gasteiger partial charge in [0.15, 0.2) is 0 Å². The molecule has 8 heteroatoms. The van der Waals surface area contributed by atoms with Gasteiger partial charge in [-0.25, -0.2) is 0 Å². The standard InChI is InChI=1S/C23H25F3N2O3/c1-15(2)22(16-6-5-7-17(14-16)23(24,25)26)27-20(29)10-11-21(30)28-12-13-31-19-9-4-3-8-18(19)28/h3-9,14-15,22H,10-13H2,1-2H3,(H,27,29). The van der Waals surface area contributed by atoms with Crippen LogP contribution in [0, 0.1) is 5.92 Å². The lowest BCUT2D eigenvalue weighted by Crippen LogP contribution is -2.39. The Bertz CT molecular complexity index is 944. The van der Waals surface area contributed by atoms with Crippen LogP contribution >= 0.6 is 0 Å². The van der Waals surface area contributed by atoms with E-state index in [0.29, 0.717) is 30.2 Å². The summed E-state index contributed by atoms with van der Waals surface area (Å²) < 4.78 is 44.7. The fourth-order valence-corrected chi connectivity index (χ4v) is 3.57. The van der Waals surface area contributed by atoms with Gasteiger partial charge < -0.3 is 15.0 Å². The van der Waals surface area contributed by atoms with Gasteiger partial charge in [0.05, 0.1) is 23.8 Å². The first-order valence-corrected chi connectivity index (χ1v) is 10.2. The molecule has 2 aromatic rings. The molecule has 0 radical (unpaired) electrons. The minimum absolute atomic E-state index is 0.00638. The van der Waals surface area contributed by atoms with E-state index >= 15 is 0 Å². The normalized spacial score (nSPS) is 14.6. The van der Waals surface area contributed by atoms with Crippen molar-refractivity contribution in [3.05, 3.63) is 59.7 Å². The second-order valence-corrected chi connectivity index (χ2v) is 7.77. The first-order valence-electron chi connectivity index (χ1n) is 10.2. The summed E-state index contributed by atoms with van der Waals surface area (Å²) >= 11 is 0. The average Bonchev–Trinajstić information content (AvgIpc) is 2.74. The van der Waals surface area contributed by atoms with E-state index in [1.807, 2.05) is 26.0 Å². The number of amides is 2. The van der Waals surface area contributed by atoms with Crippen LogP contribution in [0.4, 0.5) is 18.9 Å². The highest BCUT2D eigenvalue weighted by Crippen LogP contribution is 2.33. The van der Waals surface area contributed by atoms with E-state index in [2.05, 4.69) is 5.32 Å². The zero-order chi connectivity index (χ0) is 22.6. The molecule has 0 aromatic heterocycles. The Labute approximate surface area is 179 Å². The molecule has 5 nitrogen and oxygen atoms in total. The number of fused-ring (bicyclic) bond motifs is 1. The van der Waals surface area contributed by atoms with Gasteiger partial charge in [0.2, 0.25) is 11.8 Å². The molecule has 1 aliphatic rings. The van der Waals surface area contributed by atoms with Gasteiger partial charge in [-0.3, -0.25) is 9.59 Å². The van der Waals surface area contributed by atoms with Crippen molar-refractivity contribution >= 4 is 17.5 Å². The number of halogens is 3. The van der Waals surface area contributed by atoms with E-state index in [-0.39, 0.29) is 30.6 Å². The Kier molecular flexibility index (Phi) is 6.87. The van der Waals surface area contributed by atoms with E-state index in [1.54, 1.807) is 23.1 Å². The molecule has 0 saturated heterocycles. The molecule has 0 bridgehead atoms. The predicted octanol–water partition coefficient (Wildman–Crippen LogP) is 4.72. The van der Waals surface area contributed by atoms with Crippen molar-refractivity contribution in [1.29, 1.82) is 0 Å². The van der Waals surface area contributed by atoms with E-state index in [9.17, 15) is 22.8 Å². The molecule has 1 N–H and O–H groups in total. The summed E-state index contributed by atoms with van der Waals surface area (Å²) in [6, 6.07) is 11.6. The molecule has 2 amide bonds. The highest BCUT2D eigenvalue weighted by atomic mass is 19.4. The summed E-state index contributed by atoms with van der Waals surface area (Å²) in [7, 11) is 0. The molecule has 3 rings (SSSR count). The van der Waals surface area contributed by atoms with Crippen LogP contribution < -0.4 is 15.0 Å². The number of alkyl halides is 3. The summed E-state index contributed by atoms with van der Waals surface area (Å²) in [5.41, 5.74) is 0.292. The monoisotopic (exact) mass is 434 g/mol. The molecule has 0 saturated carbocycles. The summed E-state index contributed by atoms with van der Waals surface area (Å²) in [4.78, 5) is 26.8. The molecule has 1 heterocycles. The quantitative estimate of drug-likeness (QED) is 0.716. The summed E-state index contributed by atoms with van der Waals surface area (Å²) in [5, 5.41) is 2.79. The van der Waals surface area contributed by atoms with E-state index in [4.69, 9.17) is 4.74 Å². The third-order valence-corrected chi connectivity index (χ3v) is 5.15. The minimum Gasteiger partial charge on any atom is -0.490 e. The second-order valence-electron chi connectivity index (χ2n) is 7.77. The first kappa shape index (κ1) is 22.7. The lowest BCUT2D eigenvalue weighted by Gasteiger charge is -2.29. The Hall–Kier alpha value is -3.03. The highest BCUT2D eigenvalue weighted by molar-refractivity contribution is 5.97. The lowest BCUT2D eigenvalue weighted by atomic mass is 9.94. The second kappa shape index (κ2) is 9.41. The molecule has 2 aromatic carbocycles. The van der Waals surface area contributed by atoms with Gasteiger partial charge in [-0.1, -0.05) is 38.1 Å². The van der Waals surface area contributed by atoms with Crippen molar-refractivity contribution in [2.45, 2.75) is 38.9 Å². The number of nitrogens with zero attached hydrogens (tertiary/aromatic N) is 1. The Morgan fingerprint density at radius 3 is 2.55 bits per heavy atom. The van der Waals surface area contributed by atoms with Crippen LogP contribution in [0.25, 0.3) is 0 Å². The van der Waals surface area contributed by atoms with Gasteiger partial charge in [0.25, 0.3) is 0 Å². The number of carbonyl (C=O) groups is 2. The number of ether oxygens (including phenoxy) is 1. The van der Waals surface area contributed by atoms with Gasteiger partial charge in [-0.15, -0.1) is 0 Å². The summed E-state index contributed by atoms with van der Waals surface area (Å²) in [6.07, 6.45) is -4.52. The van der Waals surface area contributed by atoms with Crippen molar-refractivity contribution in [2.24, 2.45) is 5.92 Å². The fourth-order valence-electron chi connectivity index (χ4n) is 3.57. The number of rotatable bonds is 6. The third-order valence-electron chi connectivity index (χ3n) is 5.15. The molecule has 1 unspecified atom stereocenters. The number of benzene rings is 2. The van der Waals surface area contributed by atoms with Crippen LogP contribution in [0.3, 0.4) is 0 Å². The van der Waals surface area contributed by atoms with E-state index < -0.39 is 17.8 Å². The molecule has 1 atom stereocenters. The smallest absolute Gasteiger partial charge is 0.416 e. The molecule has 0 fully saturated rings. The molecular formula is C23H25F3N2O3. The molecule has 1 aliphatic heterocycles. The minimum atomic E-state index is -4.46. The largest absolute Gasteiger partial charge is 0.490 e. The predicted molar refractivity (Wildman–Crippen MR) is 111 cm³/mol. The summed E-state index contributed by atoms with van der Waals surface area (Å²) in [6.45, 7) is 4.41. The number of anilines is 1. The van der Waals surface area contributed by atoms with Gasteiger partial charge >= 0.3 is 6.18 Å². The van der Waals surface area contributed by atoms with E-state index in [1.165, 1.54) is 6.07 Å². The Morgan fingerprint density at radius 1 is 1.10 bits per heavy atom. The van der Waals surface area contributed by atoms with Crippen molar-refractivity contribution in [3.63, 3.8) is 0 Å².